The summed E-state index contributed by atoms with van der Waals surface area (Å²) in [7, 11) is 4.18. The smallest absolute Gasteiger partial charge is 0.170 e. The summed E-state index contributed by atoms with van der Waals surface area (Å²) in [6.45, 7) is 5.17. The van der Waals surface area contributed by atoms with Gasteiger partial charge in [-0.2, -0.15) is 0 Å². The molecule has 1 aromatic heterocycles. The lowest BCUT2D eigenvalue weighted by Gasteiger charge is -2.24. The Hall–Kier alpha value is -1.43. The number of rotatable bonds is 6. The zero-order chi connectivity index (χ0) is 16.8. The largest absolute Gasteiger partial charge is 0.360 e. The molecule has 23 heavy (non-hydrogen) atoms. The maximum atomic E-state index is 5.42. The van der Waals surface area contributed by atoms with Crippen LogP contribution >= 0.6 is 23.6 Å². The SMILES string of the molecule is CC(C)c1ccc(NC(=S)NC[C@H](c2cccs2)N(C)C)cc1. The summed E-state index contributed by atoms with van der Waals surface area (Å²) < 4.78 is 0. The number of thiophene rings is 1. The van der Waals surface area contributed by atoms with Gasteiger partial charge < -0.3 is 15.5 Å². The average Bonchev–Trinajstić information content (AvgIpc) is 3.01. The molecule has 2 rings (SSSR count). The molecule has 0 amide bonds. The van der Waals surface area contributed by atoms with Crippen LogP contribution in [-0.4, -0.2) is 30.7 Å². The lowest BCUT2D eigenvalue weighted by molar-refractivity contribution is 0.303. The van der Waals surface area contributed by atoms with Crippen LogP contribution in [0.4, 0.5) is 5.69 Å². The minimum Gasteiger partial charge on any atom is -0.360 e. The van der Waals surface area contributed by atoms with Crippen molar-refractivity contribution in [1.29, 1.82) is 0 Å². The van der Waals surface area contributed by atoms with Crippen LogP contribution in [0.15, 0.2) is 41.8 Å². The van der Waals surface area contributed by atoms with E-state index in [2.05, 4.69) is 85.3 Å². The summed E-state index contributed by atoms with van der Waals surface area (Å²) in [5.74, 6) is 0.542. The summed E-state index contributed by atoms with van der Waals surface area (Å²) in [5.41, 5.74) is 2.35. The van der Waals surface area contributed by atoms with Crippen LogP contribution in [0.2, 0.25) is 0 Å². The maximum Gasteiger partial charge on any atom is 0.170 e. The molecule has 0 aliphatic carbocycles. The molecule has 124 valence electrons. The van der Waals surface area contributed by atoms with Crippen molar-refractivity contribution in [3.05, 3.63) is 52.2 Å². The van der Waals surface area contributed by atoms with Crippen LogP contribution in [0.25, 0.3) is 0 Å². The second-order valence-corrected chi connectivity index (χ2v) is 7.49. The molecule has 0 unspecified atom stereocenters. The van der Waals surface area contributed by atoms with Crippen LogP contribution < -0.4 is 10.6 Å². The van der Waals surface area contributed by atoms with Crippen molar-refractivity contribution in [3.8, 4) is 0 Å². The first-order valence-electron chi connectivity index (χ1n) is 7.82. The molecule has 0 radical (unpaired) electrons. The Morgan fingerprint density at radius 1 is 1.17 bits per heavy atom. The van der Waals surface area contributed by atoms with E-state index in [1.54, 1.807) is 11.3 Å². The molecular formula is C18H25N3S2. The van der Waals surface area contributed by atoms with Crippen molar-refractivity contribution in [3.63, 3.8) is 0 Å². The number of hydrogen-bond donors (Lipinski definition) is 2. The number of likely N-dealkylation sites (N-methyl/N-ethyl adjacent to an activating group) is 1. The quantitative estimate of drug-likeness (QED) is 0.755. The van der Waals surface area contributed by atoms with Crippen molar-refractivity contribution < 1.29 is 0 Å². The first kappa shape index (κ1) is 17.9. The summed E-state index contributed by atoms with van der Waals surface area (Å²) in [6.07, 6.45) is 0. The molecule has 2 N–H and O–H groups in total. The summed E-state index contributed by atoms with van der Waals surface area (Å²) >= 11 is 7.19. The number of nitrogens with zero attached hydrogens (tertiary/aromatic N) is 1. The standard InChI is InChI=1S/C18H25N3S2/c1-13(2)14-7-9-15(10-8-14)20-18(22)19-12-16(21(3)4)17-6-5-11-23-17/h5-11,13,16H,12H2,1-4H3,(H2,19,20,22)/t16-/m1/s1. The van der Waals surface area contributed by atoms with Gasteiger partial charge in [-0.15, -0.1) is 11.3 Å². The monoisotopic (exact) mass is 347 g/mol. The maximum absolute atomic E-state index is 5.42. The van der Waals surface area contributed by atoms with Crippen LogP contribution in [0, 0.1) is 0 Å². The molecule has 0 spiro atoms. The fourth-order valence-corrected chi connectivity index (χ4v) is 3.46. The lowest BCUT2D eigenvalue weighted by Crippen LogP contribution is -2.36. The predicted octanol–water partition coefficient (Wildman–Crippen LogP) is 4.46. The molecule has 3 nitrogen and oxygen atoms in total. The Kier molecular flexibility index (Phi) is 6.57. The molecule has 0 saturated carbocycles. The number of nitrogens with one attached hydrogen (secondary N) is 2. The predicted molar refractivity (Wildman–Crippen MR) is 106 cm³/mol. The Morgan fingerprint density at radius 2 is 1.87 bits per heavy atom. The zero-order valence-electron chi connectivity index (χ0n) is 14.2. The summed E-state index contributed by atoms with van der Waals surface area (Å²) in [6, 6.07) is 13.0. The van der Waals surface area contributed by atoms with Crippen molar-refractivity contribution >= 4 is 34.4 Å². The first-order valence-corrected chi connectivity index (χ1v) is 9.11. The van der Waals surface area contributed by atoms with Gasteiger partial charge in [-0.3, -0.25) is 0 Å². The van der Waals surface area contributed by atoms with Gasteiger partial charge in [-0.05, 0) is 61.4 Å². The van der Waals surface area contributed by atoms with E-state index in [9.17, 15) is 0 Å². The Morgan fingerprint density at radius 3 is 2.39 bits per heavy atom. The molecule has 5 heteroatoms. The van der Waals surface area contributed by atoms with Gasteiger partial charge in [0.25, 0.3) is 0 Å². The van der Waals surface area contributed by atoms with E-state index < -0.39 is 0 Å². The van der Waals surface area contributed by atoms with Gasteiger partial charge in [-0.25, -0.2) is 0 Å². The van der Waals surface area contributed by atoms with E-state index in [1.165, 1.54) is 10.4 Å². The molecule has 0 fully saturated rings. The van der Waals surface area contributed by atoms with Crippen molar-refractivity contribution in [1.82, 2.24) is 10.2 Å². The third-order valence-corrected chi connectivity index (χ3v) is 5.01. The first-order chi connectivity index (χ1) is 11.0. The minimum atomic E-state index is 0.318. The summed E-state index contributed by atoms with van der Waals surface area (Å²) in [4.78, 5) is 3.55. The average molecular weight is 348 g/mol. The topological polar surface area (TPSA) is 27.3 Å². The van der Waals surface area contributed by atoms with Gasteiger partial charge >= 0.3 is 0 Å². The minimum absolute atomic E-state index is 0.318. The fourth-order valence-electron chi connectivity index (χ4n) is 2.33. The van der Waals surface area contributed by atoms with Gasteiger partial charge in [0.2, 0.25) is 0 Å². The molecular weight excluding hydrogens is 322 g/mol. The lowest BCUT2D eigenvalue weighted by atomic mass is 10.0. The summed E-state index contributed by atoms with van der Waals surface area (Å²) in [5, 5.41) is 9.34. The van der Waals surface area contributed by atoms with Crippen molar-refractivity contribution in [2.75, 3.05) is 26.0 Å². The van der Waals surface area contributed by atoms with E-state index in [4.69, 9.17) is 12.2 Å². The molecule has 1 aromatic carbocycles. The third kappa shape index (κ3) is 5.30. The molecule has 1 atom stereocenters. The Balaban J connectivity index is 1.89. The van der Waals surface area contributed by atoms with Crippen LogP contribution in [-0.2, 0) is 0 Å². The highest BCUT2D eigenvalue weighted by molar-refractivity contribution is 7.80. The van der Waals surface area contributed by atoms with Crippen molar-refractivity contribution in [2.45, 2.75) is 25.8 Å². The highest BCUT2D eigenvalue weighted by atomic mass is 32.1. The van der Waals surface area contributed by atoms with E-state index in [0.29, 0.717) is 17.1 Å². The van der Waals surface area contributed by atoms with E-state index in [0.717, 1.165) is 12.2 Å². The molecule has 2 aromatic rings. The number of hydrogen-bond acceptors (Lipinski definition) is 3. The van der Waals surface area contributed by atoms with Gasteiger partial charge in [0, 0.05) is 17.1 Å². The number of anilines is 1. The third-order valence-electron chi connectivity index (χ3n) is 3.79. The second kappa shape index (κ2) is 8.43. The van der Waals surface area contributed by atoms with Gasteiger partial charge in [0.1, 0.15) is 0 Å². The highest BCUT2D eigenvalue weighted by Crippen LogP contribution is 2.22. The highest BCUT2D eigenvalue weighted by Gasteiger charge is 2.15. The van der Waals surface area contributed by atoms with Crippen molar-refractivity contribution in [2.24, 2.45) is 0 Å². The second-order valence-electron chi connectivity index (χ2n) is 6.11. The van der Waals surface area contributed by atoms with Crippen LogP contribution in [0.5, 0.6) is 0 Å². The fraction of sp³-hybridized carbons (Fsp3) is 0.389. The molecule has 0 aliphatic heterocycles. The van der Waals surface area contributed by atoms with Crippen LogP contribution in [0.1, 0.15) is 36.2 Å². The Bertz CT molecular complexity index is 604. The van der Waals surface area contributed by atoms with Gasteiger partial charge in [0.05, 0.1) is 6.04 Å². The zero-order valence-corrected chi connectivity index (χ0v) is 15.8. The molecule has 1 heterocycles. The number of thiocarbonyl (C=S) groups is 1. The van der Waals surface area contributed by atoms with Gasteiger partial charge in [-0.1, -0.05) is 32.0 Å². The normalized spacial score (nSPS) is 12.4. The number of benzene rings is 1. The van der Waals surface area contributed by atoms with E-state index >= 15 is 0 Å². The molecule has 0 saturated heterocycles. The molecule has 0 aliphatic rings. The van der Waals surface area contributed by atoms with E-state index in [-0.39, 0.29) is 0 Å². The Labute approximate surface area is 148 Å². The molecule has 0 bridgehead atoms. The van der Waals surface area contributed by atoms with Gasteiger partial charge in [0.15, 0.2) is 5.11 Å². The van der Waals surface area contributed by atoms with Crippen LogP contribution in [0.3, 0.4) is 0 Å². The van der Waals surface area contributed by atoms with E-state index in [1.807, 2.05) is 0 Å².